The maximum atomic E-state index is 5.88. The summed E-state index contributed by atoms with van der Waals surface area (Å²) in [4.78, 5) is 0. The Kier molecular flexibility index (Phi) is 4.15. The maximum absolute atomic E-state index is 5.88. The quantitative estimate of drug-likeness (QED) is 0.860. The summed E-state index contributed by atoms with van der Waals surface area (Å²) in [6, 6.07) is 3.64. The van der Waals surface area contributed by atoms with E-state index in [1.165, 1.54) is 0 Å². The molecular formula is C13H19NO4. The first-order valence-corrected chi connectivity index (χ1v) is 5.96. The highest BCUT2D eigenvalue weighted by molar-refractivity contribution is 5.55. The molecule has 1 heterocycles. The minimum atomic E-state index is 0.202. The van der Waals surface area contributed by atoms with E-state index in [-0.39, 0.29) is 6.10 Å². The number of hydrogen-bond donors (Lipinski definition) is 1. The molecule has 0 bridgehead atoms. The van der Waals surface area contributed by atoms with Crippen molar-refractivity contribution in [2.24, 2.45) is 0 Å². The molecule has 0 spiro atoms. The molecule has 1 aliphatic heterocycles. The Morgan fingerprint density at radius 3 is 2.17 bits per heavy atom. The molecule has 0 amide bonds. The van der Waals surface area contributed by atoms with Crippen molar-refractivity contribution in [1.29, 1.82) is 0 Å². The van der Waals surface area contributed by atoms with Crippen molar-refractivity contribution in [3.05, 3.63) is 12.1 Å². The minimum absolute atomic E-state index is 0.202. The zero-order valence-corrected chi connectivity index (χ0v) is 11.0. The third-order valence-electron chi connectivity index (χ3n) is 2.96. The Balaban J connectivity index is 2.24. The second kappa shape index (κ2) is 5.82. The summed E-state index contributed by atoms with van der Waals surface area (Å²) in [6.07, 6.45) is 1.21. The van der Waals surface area contributed by atoms with Gasteiger partial charge in [0.15, 0.2) is 11.5 Å². The lowest BCUT2D eigenvalue weighted by atomic mass is 10.2. The Labute approximate surface area is 107 Å². The molecule has 1 aliphatic rings. The van der Waals surface area contributed by atoms with Crippen LogP contribution in [0, 0.1) is 0 Å². The number of hydrogen-bond acceptors (Lipinski definition) is 5. The van der Waals surface area contributed by atoms with Crippen LogP contribution in [0.5, 0.6) is 23.0 Å². The molecule has 0 unspecified atom stereocenters. The van der Waals surface area contributed by atoms with Crippen LogP contribution in [0.3, 0.4) is 0 Å². The third-order valence-corrected chi connectivity index (χ3v) is 2.96. The zero-order valence-electron chi connectivity index (χ0n) is 11.0. The molecule has 5 nitrogen and oxygen atoms in total. The molecule has 0 radical (unpaired) electrons. The molecular weight excluding hydrogens is 234 g/mol. The molecule has 1 fully saturated rings. The summed E-state index contributed by atoms with van der Waals surface area (Å²) < 4.78 is 21.7. The Morgan fingerprint density at radius 1 is 1.06 bits per heavy atom. The van der Waals surface area contributed by atoms with Crippen molar-refractivity contribution in [3.8, 4) is 23.0 Å². The SMILES string of the molecule is COc1cc(O[C@@H]2CCNC2)cc(OC)c1OC. The first-order valence-electron chi connectivity index (χ1n) is 5.96. The van der Waals surface area contributed by atoms with E-state index in [0.717, 1.165) is 25.3 Å². The van der Waals surface area contributed by atoms with Gasteiger partial charge in [-0.1, -0.05) is 0 Å². The molecule has 1 saturated heterocycles. The Hall–Kier alpha value is -1.62. The van der Waals surface area contributed by atoms with Crippen LogP contribution in [0.1, 0.15) is 6.42 Å². The fourth-order valence-corrected chi connectivity index (χ4v) is 2.05. The van der Waals surface area contributed by atoms with Gasteiger partial charge in [-0.2, -0.15) is 0 Å². The standard InChI is InChI=1S/C13H19NO4/c1-15-11-6-10(18-9-4-5-14-8-9)7-12(16-2)13(11)17-3/h6-7,9,14H,4-5,8H2,1-3H3/t9-/m1/s1. The lowest BCUT2D eigenvalue weighted by molar-refractivity contribution is 0.219. The molecule has 1 aromatic carbocycles. The average Bonchev–Trinajstić information content (AvgIpc) is 2.90. The first-order chi connectivity index (χ1) is 8.78. The Bertz CT molecular complexity index is 377. The second-order valence-corrected chi connectivity index (χ2v) is 4.09. The normalized spacial score (nSPS) is 18.5. The highest BCUT2D eigenvalue weighted by Crippen LogP contribution is 2.41. The van der Waals surface area contributed by atoms with Gasteiger partial charge in [0.05, 0.1) is 21.3 Å². The minimum Gasteiger partial charge on any atom is -0.493 e. The van der Waals surface area contributed by atoms with Crippen LogP contribution in [0.4, 0.5) is 0 Å². The van der Waals surface area contributed by atoms with E-state index in [9.17, 15) is 0 Å². The van der Waals surface area contributed by atoms with Gasteiger partial charge in [-0.05, 0) is 13.0 Å². The fraction of sp³-hybridized carbons (Fsp3) is 0.538. The van der Waals surface area contributed by atoms with Gasteiger partial charge in [0.1, 0.15) is 11.9 Å². The fourth-order valence-electron chi connectivity index (χ4n) is 2.05. The molecule has 1 atom stereocenters. The van der Waals surface area contributed by atoms with Crippen LogP contribution < -0.4 is 24.3 Å². The lowest BCUT2D eigenvalue weighted by Gasteiger charge is -2.17. The third kappa shape index (κ3) is 2.61. The molecule has 0 saturated carbocycles. The van der Waals surface area contributed by atoms with Gasteiger partial charge in [0.25, 0.3) is 0 Å². The van der Waals surface area contributed by atoms with Crippen molar-refractivity contribution in [1.82, 2.24) is 5.32 Å². The van der Waals surface area contributed by atoms with E-state index >= 15 is 0 Å². The van der Waals surface area contributed by atoms with Crippen LogP contribution in [0.2, 0.25) is 0 Å². The van der Waals surface area contributed by atoms with Crippen LogP contribution in [-0.2, 0) is 0 Å². The van der Waals surface area contributed by atoms with Crippen molar-refractivity contribution in [3.63, 3.8) is 0 Å². The van der Waals surface area contributed by atoms with Gasteiger partial charge >= 0.3 is 0 Å². The Morgan fingerprint density at radius 2 is 1.72 bits per heavy atom. The monoisotopic (exact) mass is 253 g/mol. The van der Waals surface area contributed by atoms with E-state index in [1.54, 1.807) is 21.3 Å². The summed E-state index contributed by atoms with van der Waals surface area (Å²) in [5.74, 6) is 2.53. The van der Waals surface area contributed by atoms with Crippen LogP contribution in [0.25, 0.3) is 0 Å². The van der Waals surface area contributed by atoms with Gasteiger partial charge in [0.2, 0.25) is 5.75 Å². The van der Waals surface area contributed by atoms with Gasteiger partial charge < -0.3 is 24.3 Å². The summed E-state index contributed by atoms with van der Waals surface area (Å²) in [5.41, 5.74) is 0. The molecule has 2 rings (SSSR count). The summed E-state index contributed by atoms with van der Waals surface area (Å²) >= 11 is 0. The molecule has 18 heavy (non-hydrogen) atoms. The maximum Gasteiger partial charge on any atom is 0.203 e. The average molecular weight is 253 g/mol. The van der Waals surface area contributed by atoms with Crippen molar-refractivity contribution in [2.75, 3.05) is 34.4 Å². The van der Waals surface area contributed by atoms with Crippen molar-refractivity contribution in [2.45, 2.75) is 12.5 Å². The smallest absolute Gasteiger partial charge is 0.203 e. The van der Waals surface area contributed by atoms with Crippen LogP contribution in [0.15, 0.2) is 12.1 Å². The first kappa shape index (κ1) is 12.8. The molecule has 1 aromatic rings. The van der Waals surface area contributed by atoms with E-state index in [1.807, 2.05) is 12.1 Å². The largest absolute Gasteiger partial charge is 0.493 e. The molecule has 100 valence electrons. The highest BCUT2D eigenvalue weighted by atomic mass is 16.5. The van der Waals surface area contributed by atoms with Gasteiger partial charge in [0, 0.05) is 18.7 Å². The summed E-state index contributed by atoms with van der Waals surface area (Å²) in [7, 11) is 4.78. The number of benzene rings is 1. The van der Waals surface area contributed by atoms with Gasteiger partial charge in [-0.25, -0.2) is 0 Å². The number of nitrogens with one attached hydrogen (secondary N) is 1. The predicted molar refractivity (Wildman–Crippen MR) is 68.0 cm³/mol. The van der Waals surface area contributed by atoms with Crippen LogP contribution in [-0.4, -0.2) is 40.5 Å². The highest BCUT2D eigenvalue weighted by Gasteiger charge is 2.19. The van der Waals surface area contributed by atoms with Crippen molar-refractivity contribution >= 4 is 0 Å². The van der Waals surface area contributed by atoms with E-state index in [0.29, 0.717) is 17.2 Å². The summed E-state index contributed by atoms with van der Waals surface area (Å²) in [6.45, 7) is 1.87. The lowest BCUT2D eigenvalue weighted by Crippen LogP contribution is -2.19. The van der Waals surface area contributed by atoms with Crippen molar-refractivity contribution < 1.29 is 18.9 Å². The van der Waals surface area contributed by atoms with Gasteiger partial charge in [-0.3, -0.25) is 0 Å². The van der Waals surface area contributed by atoms with E-state index in [4.69, 9.17) is 18.9 Å². The molecule has 0 aliphatic carbocycles. The topological polar surface area (TPSA) is 49.0 Å². The number of ether oxygens (including phenoxy) is 4. The second-order valence-electron chi connectivity index (χ2n) is 4.09. The number of rotatable bonds is 5. The summed E-state index contributed by atoms with van der Waals surface area (Å²) in [5, 5.41) is 3.26. The zero-order chi connectivity index (χ0) is 13.0. The van der Waals surface area contributed by atoms with E-state index in [2.05, 4.69) is 5.32 Å². The van der Waals surface area contributed by atoms with Gasteiger partial charge in [-0.15, -0.1) is 0 Å². The molecule has 0 aromatic heterocycles. The van der Waals surface area contributed by atoms with Crippen LogP contribution >= 0.6 is 0 Å². The van der Waals surface area contributed by atoms with E-state index < -0.39 is 0 Å². The molecule has 1 N–H and O–H groups in total. The number of methoxy groups -OCH3 is 3. The molecule has 5 heteroatoms. The predicted octanol–water partition coefficient (Wildman–Crippen LogP) is 1.45.